The van der Waals surface area contributed by atoms with E-state index in [1.54, 1.807) is 47.6 Å². The largest absolute Gasteiger partial charge is 0.449 e. The van der Waals surface area contributed by atoms with Gasteiger partial charge in [0.25, 0.3) is 11.8 Å². The number of rotatable bonds is 4. The van der Waals surface area contributed by atoms with Crippen LogP contribution in [-0.4, -0.2) is 52.9 Å². The van der Waals surface area contributed by atoms with Gasteiger partial charge in [-0.05, 0) is 42.5 Å². The Hall–Kier alpha value is -4.27. The highest BCUT2D eigenvalue weighted by atomic mass is 19.1. The molecule has 1 aliphatic heterocycles. The molecule has 1 fully saturated rings. The molecule has 2 aromatic heterocycles. The first-order valence-corrected chi connectivity index (χ1v) is 10.5. The van der Waals surface area contributed by atoms with Crippen molar-refractivity contribution in [1.29, 1.82) is 0 Å². The molecule has 1 N–H and O–H groups in total. The number of hydrogen-bond acceptors (Lipinski definition) is 6. The van der Waals surface area contributed by atoms with Gasteiger partial charge in [0, 0.05) is 49.5 Å². The van der Waals surface area contributed by atoms with Crippen molar-refractivity contribution in [3.63, 3.8) is 0 Å². The van der Waals surface area contributed by atoms with Crippen LogP contribution in [0.1, 0.15) is 20.9 Å². The van der Waals surface area contributed by atoms with Crippen molar-refractivity contribution in [2.45, 2.75) is 0 Å². The number of amides is 2. The number of halogens is 1. The lowest BCUT2D eigenvalue weighted by Gasteiger charge is -2.34. The second kappa shape index (κ2) is 8.70. The van der Waals surface area contributed by atoms with Gasteiger partial charge < -0.3 is 19.5 Å². The number of hydrogen-bond donors (Lipinski definition) is 1. The summed E-state index contributed by atoms with van der Waals surface area (Å²) in [6.45, 7) is 2.07. The quantitative estimate of drug-likeness (QED) is 0.516. The van der Waals surface area contributed by atoms with Crippen molar-refractivity contribution in [2.24, 2.45) is 0 Å². The van der Waals surface area contributed by atoms with Crippen LogP contribution in [0.2, 0.25) is 0 Å². The summed E-state index contributed by atoms with van der Waals surface area (Å²) in [6, 6.07) is 14.1. The van der Waals surface area contributed by atoms with E-state index in [0.717, 1.165) is 0 Å². The zero-order valence-electron chi connectivity index (χ0n) is 17.6. The number of para-hydroxylation sites is 1. The maximum absolute atomic E-state index is 13.4. The van der Waals surface area contributed by atoms with Gasteiger partial charge in [-0.2, -0.15) is 0 Å². The second-order valence-corrected chi connectivity index (χ2v) is 7.59. The molecule has 0 unspecified atom stereocenters. The topological polar surface area (TPSA) is 91.6 Å². The normalized spacial score (nSPS) is 13.8. The Bertz CT molecular complexity index is 1300. The predicted molar refractivity (Wildman–Crippen MR) is 121 cm³/mol. The molecule has 0 aliphatic carbocycles. The van der Waals surface area contributed by atoms with E-state index in [9.17, 15) is 14.0 Å². The highest BCUT2D eigenvalue weighted by Crippen LogP contribution is 2.32. The van der Waals surface area contributed by atoms with Crippen LogP contribution in [0.3, 0.4) is 0 Å². The highest BCUT2D eigenvalue weighted by molar-refractivity contribution is 6.14. The molecule has 4 aromatic rings. The Morgan fingerprint density at radius 3 is 2.33 bits per heavy atom. The minimum atomic E-state index is -0.457. The number of aromatic nitrogens is 2. The Morgan fingerprint density at radius 2 is 1.61 bits per heavy atom. The average molecular weight is 445 g/mol. The van der Waals surface area contributed by atoms with Crippen LogP contribution in [-0.2, 0) is 0 Å². The van der Waals surface area contributed by atoms with Crippen molar-refractivity contribution in [3.8, 4) is 0 Å². The molecule has 166 valence electrons. The summed E-state index contributed by atoms with van der Waals surface area (Å²) in [6.07, 6.45) is 3.37. The monoisotopic (exact) mass is 445 g/mol. The summed E-state index contributed by atoms with van der Waals surface area (Å²) >= 11 is 0. The fourth-order valence-electron chi connectivity index (χ4n) is 3.81. The SMILES string of the molecule is O=C(Nc1c(C(=O)N2CCN(c3ncccn3)CC2)oc2ccccc12)c1ccc(F)cc1. The average Bonchev–Trinajstić information content (AvgIpc) is 3.23. The first-order chi connectivity index (χ1) is 16.1. The van der Waals surface area contributed by atoms with Gasteiger partial charge >= 0.3 is 0 Å². The van der Waals surface area contributed by atoms with Gasteiger partial charge in [-0.25, -0.2) is 14.4 Å². The molecule has 2 amide bonds. The molecule has 9 heteroatoms. The zero-order valence-corrected chi connectivity index (χ0v) is 17.6. The van der Waals surface area contributed by atoms with Gasteiger partial charge in [0.2, 0.25) is 11.7 Å². The number of benzene rings is 2. The van der Waals surface area contributed by atoms with Crippen molar-refractivity contribution in [3.05, 3.63) is 84.1 Å². The maximum atomic E-state index is 13.4. The Balaban J connectivity index is 1.39. The van der Waals surface area contributed by atoms with E-state index >= 15 is 0 Å². The Labute approximate surface area is 188 Å². The number of furan rings is 1. The summed E-state index contributed by atoms with van der Waals surface area (Å²) in [5.41, 5.74) is 1.07. The number of carbonyl (C=O) groups is 2. The van der Waals surface area contributed by atoms with Gasteiger partial charge in [0.05, 0.1) is 0 Å². The van der Waals surface area contributed by atoms with Gasteiger partial charge in [-0.3, -0.25) is 9.59 Å². The molecule has 3 heterocycles. The van der Waals surface area contributed by atoms with E-state index in [2.05, 4.69) is 15.3 Å². The lowest BCUT2D eigenvalue weighted by Crippen LogP contribution is -2.49. The van der Waals surface area contributed by atoms with Gasteiger partial charge in [0.15, 0.2) is 0 Å². The third kappa shape index (κ3) is 4.12. The molecule has 0 spiro atoms. The van der Waals surface area contributed by atoms with Crippen LogP contribution in [0.5, 0.6) is 0 Å². The smallest absolute Gasteiger partial charge is 0.291 e. The van der Waals surface area contributed by atoms with Gasteiger partial charge in [-0.15, -0.1) is 0 Å². The summed E-state index contributed by atoms with van der Waals surface area (Å²) in [7, 11) is 0. The van der Waals surface area contributed by atoms with Crippen LogP contribution >= 0.6 is 0 Å². The van der Waals surface area contributed by atoms with Crippen LogP contribution < -0.4 is 10.2 Å². The molecule has 5 rings (SSSR count). The van der Waals surface area contributed by atoms with Crippen molar-refractivity contribution >= 4 is 34.4 Å². The zero-order chi connectivity index (χ0) is 22.8. The molecule has 0 atom stereocenters. The third-order valence-corrected chi connectivity index (χ3v) is 5.54. The van der Waals surface area contributed by atoms with Gasteiger partial charge in [0.1, 0.15) is 17.1 Å². The van der Waals surface area contributed by atoms with E-state index < -0.39 is 11.7 Å². The van der Waals surface area contributed by atoms with Crippen LogP contribution in [0.25, 0.3) is 11.0 Å². The van der Waals surface area contributed by atoms with E-state index in [0.29, 0.717) is 48.8 Å². The maximum Gasteiger partial charge on any atom is 0.291 e. The molecule has 1 aliphatic rings. The Morgan fingerprint density at radius 1 is 0.909 bits per heavy atom. The van der Waals surface area contributed by atoms with Crippen LogP contribution in [0.4, 0.5) is 16.0 Å². The fourth-order valence-corrected chi connectivity index (χ4v) is 3.81. The molecule has 2 aromatic carbocycles. The number of fused-ring (bicyclic) bond motifs is 1. The van der Waals surface area contributed by atoms with E-state index in [-0.39, 0.29) is 17.2 Å². The first-order valence-electron chi connectivity index (χ1n) is 10.5. The molecular weight excluding hydrogens is 425 g/mol. The molecule has 0 saturated carbocycles. The highest BCUT2D eigenvalue weighted by Gasteiger charge is 2.29. The minimum Gasteiger partial charge on any atom is -0.449 e. The molecule has 1 saturated heterocycles. The summed E-state index contributed by atoms with van der Waals surface area (Å²) < 4.78 is 19.1. The number of nitrogens with zero attached hydrogens (tertiary/aromatic N) is 4. The fraction of sp³-hybridized carbons (Fsp3) is 0.167. The van der Waals surface area contributed by atoms with Gasteiger partial charge in [-0.1, -0.05) is 12.1 Å². The molecular formula is C24H20FN5O3. The Kier molecular flexibility index (Phi) is 5.43. The van der Waals surface area contributed by atoms with Crippen LogP contribution in [0, 0.1) is 5.82 Å². The lowest BCUT2D eigenvalue weighted by atomic mass is 10.1. The summed E-state index contributed by atoms with van der Waals surface area (Å²) in [5, 5.41) is 3.41. The number of anilines is 2. The molecule has 0 bridgehead atoms. The minimum absolute atomic E-state index is 0.0658. The summed E-state index contributed by atoms with van der Waals surface area (Å²) in [5.74, 6) is -0.510. The lowest BCUT2D eigenvalue weighted by molar-refractivity contribution is 0.0718. The van der Waals surface area contributed by atoms with E-state index in [4.69, 9.17) is 4.42 Å². The third-order valence-electron chi connectivity index (χ3n) is 5.54. The van der Waals surface area contributed by atoms with E-state index in [1.165, 1.54) is 24.3 Å². The summed E-state index contributed by atoms with van der Waals surface area (Å²) in [4.78, 5) is 38.4. The van der Waals surface area contributed by atoms with Crippen molar-refractivity contribution in [1.82, 2.24) is 14.9 Å². The predicted octanol–water partition coefficient (Wildman–Crippen LogP) is 3.58. The molecule has 0 radical (unpaired) electrons. The number of nitrogens with one attached hydrogen (secondary N) is 1. The van der Waals surface area contributed by atoms with Crippen molar-refractivity contribution in [2.75, 3.05) is 36.4 Å². The van der Waals surface area contributed by atoms with Crippen molar-refractivity contribution < 1.29 is 18.4 Å². The second-order valence-electron chi connectivity index (χ2n) is 7.59. The van der Waals surface area contributed by atoms with E-state index in [1.807, 2.05) is 4.90 Å². The number of carbonyl (C=O) groups excluding carboxylic acids is 2. The standard InChI is InChI=1S/C24H20FN5O3/c25-17-8-6-16(7-9-17)22(31)28-20-18-4-1-2-5-19(18)33-21(20)23(32)29-12-14-30(15-13-29)24-26-10-3-11-27-24/h1-11H,12-15H2,(H,28,31). The molecule has 8 nitrogen and oxygen atoms in total. The van der Waals surface area contributed by atoms with Crippen LogP contribution in [0.15, 0.2) is 71.4 Å². The first kappa shape index (κ1) is 20.6. The molecule has 33 heavy (non-hydrogen) atoms. The number of piperazine rings is 1.